The molecule has 0 bridgehead atoms. The normalized spacial score (nSPS) is 26.4. The summed E-state index contributed by atoms with van der Waals surface area (Å²) in [7, 11) is 0. The zero-order valence-corrected chi connectivity index (χ0v) is 12.0. The average Bonchev–Trinajstić information content (AvgIpc) is 2.73. The lowest BCUT2D eigenvalue weighted by atomic mass is 9.91. The second-order valence-electron chi connectivity index (χ2n) is 5.88. The minimum Gasteiger partial charge on any atom is -0.480 e. The Morgan fingerprint density at radius 1 is 1.30 bits per heavy atom. The smallest absolute Gasteiger partial charge is 0.326 e. The largest absolute Gasteiger partial charge is 0.480 e. The number of hydrogen-bond donors (Lipinski definition) is 2. The van der Waals surface area contributed by atoms with Crippen LogP contribution in [-0.4, -0.2) is 63.8 Å². The van der Waals surface area contributed by atoms with E-state index in [1.807, 2.05) is 6.92 Å². The maximum absolute atomic E-state index is 12.7. The number of nitrogens with zero attached hydrogens (tertiary/aromatic N) is 2. The van der Waals surface area contributed by atoms with Crippen LogP contribution in [0.3, 0.4) is 0 Å². The first-order valence-corrected chi connectivity index (χ1v) is 7.47. The average molecular weight is 284 g/mol. The number of aliphatic carboxylic acids is 1. The lowest BCUT2D eigenvalue weighted by Gasteiger charge is -2.40. The van der Waals surface area contributed by atoms with Crippen LogP contribution in [0.1, 0.15) is 39.0 Å². The van der Waals surface area contributed by atoms with Crippen LogP contribution in [0, 0.1) is 5.92 Å². The molecule has 2 atom stereocenters. The summed E-state index contributed by atoms with van der Waals surface area (Å²) in [5.74, 6) is -0.920. The third-order valence-electron chi connectivity index (χ3n) is 4.52. The number of hydrogen-bond acceptors (Lipinski definition) is 3. The summed E-state index contributed by atoms with van der Waals surface area (Å²) in [4.78, 5) is 27.3. The van der Waals surface area contributed by atoms with E-state index >= 15 is 0 Å². The van der Waals surface area contributed by atoms with E-state index in [1.165, 1.54) is 4.90 Å². The zero-order valence-electron chi connectivity index (χ0n) is 12.0. The van der Waals surface area contributed by atoms with Crippen molar-refractivity contribution in [2.75, 3.05) is 19.7 Å². The predicted octanol–water partition coefficient (Wildman–Crippen LogP) is 1.14. The molecule has 6 nitrogen and oxygen atoms in total. The number of urea groups is 1. The van der Waals surface area contributed by atoms with Crippen LogP contribution >= 0.6 is 0 Å². The topological polar surface area (TPSA) is 81.1 Å². The summed E-state index contributed by atoms with van der Waals surface area (Å²) in [6, 6.07) is -0.654. The second kappa shape index (κ2) is 6.43. The molecule has 114 valence electrons. The number of carbonyl (C=O) groups excluding carboxylic acids is 1. The summed E-state index contributed by atoms with van der Waals surface area (Å²) >= 11 is 0. The van der Waals surface area contributed by atoms with Gasteiger partial charge in [-0.1, -0.05) is 6.92 Å². The molecular weight excluding hydrogens is 260 g/mol. The number of carboxylic acids is 1. The number of aliphatic hydroxyl groups excluding tert-OH is 1. The molecule has 1 heterocycles. The summed E-state index contributed by atoms with van der Waals surface area (Å²) in [5.41, 5.74) is 0. The highest BCUT2D eigenvalue weighted by Gasteiger charge is 2.42. The van der Waals surface area contributed by atoms with Gasteiger partial charge in [-0.3, -0.25) is 0 Å². The van der Waals surface area contributed by atoms with Crippen molar-refractivity contribution in [2.45, 2.75) is 51.1 Å². The van der Waals surface area contributed by atoms with Gasteiger partial charge >= 0.3 is 12.0 Å². The molecule has 2 unspecified atom stereocenters. The Hall–Kier alpha value is -1.30. The molecule has 0 spiro atoms. The molecule has 2 N–H and O–H groups in total. The molecule has 2 fully saturated rings. The fourth-order valence-electron chi connectivity index (χ4n) is 3.08. The molecular formula is C14H24N2O4. The van der Waals surface area contributed by atoms with E-state index in [2.05, 4.69) is 0 Å². The minimum atomic E-state index is -0.918. The lowest BCUT2D eigenvalue weighted by molar-refractivity contribution is -0.142. The van der Waals surface area contributed by atoms with Crippen molar-refractivity contribution in [1.82, 2.24) is 9.80 Å². The van der Waals surface area contributed by atoms with Gasteiger partial charge in [0, 0.05) is 25.7 Å². The van der Waals surface area contributed by atoms with Gasteiger partial charge in [0.2, 0.25) is 0 Å². The minimum absolute atomic E-state index is 0.00228. The first-order valence-electron chi connectivity index (χ1n) is 7.47. The highest BCUT2D eigenvalue weighted by molar-refractivity contribution is 5.83. The number of likely N-dealkylation sites (tertiary alicyclic amines) is 1. The van der Waals surface area contributed by atoms with Crippen LogP contribution in [0.25, 0.3) is 0 Å². The van der Waals surface area contributed by atoms with Gasteiger partial charge in [0.05, 0.1) is 0 Å². The van der Waals surface area contributed by atoms with Crippen LogP contribution in [-0.2, 0) is 4.79 Å². The summed E-state index contributed by atoms with van der Waals surface area (Å²) in [6.07, 6.45) is 4.37. The standard InChI is InChI=1S/C14H24N2O4/c1-10-6-8-16(12(10)13(18)19)14(20)15(7-3-9-17)11-4-2-5-11/h10-12,17H,2-9H2,1H3,(H,18,19). The van der Waals surface area contributed by atoms with E-state index in [4.69, 9.17) is 5.11 Å². The van der Waals surface area contributed by atoms with Crippen molar-refractivity contribution in [2.24, 2.45) is 5.92 Å². The first-order chi connectivity index (χ1) is 9.56. The third-order valence-corrected chi connectivity index (χ3v) is 4.52. The van der Waals surface area contributed by atoms with Crippen molar-refractivity contribution in [3.05, 3.63) is 0 Å². The molecule has 1 aliphatic carbocycles. The predicted molar refractivity (Wildman–Crippen MR) is 73.4 cm³/mol. The molecule has 2 rings (SSSR count). The summed E-state index contributed by atoms with van der Waals surface area (Å²) < 4.78 is 0. The molecule has 0 radical (unpaired) electrons. The Morgan fingerprint density at radius 3 is 2.50 bits per heavy atom. The van der Waals surface area contributed by atoms with Crippen molar-refractivity contribution in [3.63, 3.8) is 0 Å². The molecule has 1 saturated carbocycles. The van der Waals surface area contributed by atoms with Crippen molar-refractivity contribution < 1.29 is 19.8 Å². The van der Waals surface area contributed by atoms with Crippen LogP contribution in [0.15, 0.2) is 0 Å². The summed E-state index contributed by atoms with van der Waals surface area (Å²) in [6.45, 7) is 2.96. The van der Waals surface area contributed by atoms with E-state index in [0.29, 0.717) is 19.5 Å². The van der Waals surface area contributed by atoms with Gasteiger partial charge in [0.1, 0.15) is 6.04 Å². The number of aliphatic hydroxyl groups is 1. The van der Waals surface area contributed by atoms with Gasteiger partial charge in [-0.15, -0.1) is 0 Å². The Balaban J connectivity index is 2.07. The highest BCUT2D eigenvalue weighted by Crippen LogP contribution is 2.30. The molecule has 1 aliphatic heterocycles. The Kier molecular flexibility index (Phi) is 4.86. The van der Waals surface area contributed by atoms with Gasteiger partial charge in [0.15, 0.2) is 0 Å². The molecule has 2 aliphatic rings. The first kappa shape index (κ1) is 15.1. The molecule has 6 heteroatoms. The van der Waals surface area contributed by atoms with Gasteiger partial charge in [-0.2, -0.15) is 0 Å². The zero-order chi connectivity index (χ0) is 14.7. The SMILES string of the molecule is CC1CCN(C(=O)N(CCCO)C2CCC2)C1C(=O)O. The van der Waals surface area contributed by atoms with Crippen molar-refractivity contribution in [1.29, 1.82) is 0 Å². The number of carboxylic acid groups (broad SMARTS) is 1. The molecule has 0 aromatic heterocycles. The fraction of sp³-hybridized carbons (Fsp3) is 0.857. The molecule has 2 amide bonds. The Labute approximate surface area is 119 Å². The Morgan fingerprint density at radius 2 is 2.00 bits per heavy atom. The van der Waals surface area contributed by atoms with Crippen LogP contribution < -0.4 is 0 Å². The Bertz CT molecular complexity index is 370. The lowest BCUT2D eigenvalue weighted by Crippen LogP contribution is -2.54. The number of rotatable bonds is 5. The third kappa shape index (κ3) is 2.90. The fourth-order valence-corrected chi connectivity index (χ4v) is 3.08. The van der Waals surface area contributed by atoms with Gasteiger partial charge in [-0.05, 0) is 38.0 Å². The highest BCUT2D eigenvalue weighted by atomic mass is 16.4. The number of carbonyl (C=O) groups is 2. The molecule has 0 aromatic carbocycles. The van der Waals surface area contributed by atoms with Crippen molar-refractivity contribution >= 4 is 12.0 Å². The summed E-state index contributed by atoms with van der Waals surface area (Å²) in [5, 5.41) is 18.3. The molecule has 20 heavy (non-hydrogen) atoms. The van der Waals surface area contributed by atoms with E-state index < -0.39 is 12.0 Å². The van der Waals surface area contributed by atoms with Crippen molar-refractivity contribution in [3.8, 4) is 0 Å². The van der Waals surface area contributed by atoms with E-state index in [1.54, 1.807) is 4.90 Å². The van der Waals surface area contributed by atoms with Crippen LogP contribution in [0.4, 0.5) is 4.79 Å². The van der Waals surface area contributed by atoms with E-state index in [0.717, 1.165) is 25.7 Å². The van der Waals surface area contributed by atoms with Crippen LogP contribution in [0.5, 0.6) is 0 Å². The maximum Gasteiger partial charge on any atom is 0.326 e. The quantitative estimate of drug-likeness (QED) is 0.793. The van der Waals surface area contributed by atoms with Gasteiger partial charge in [0.25, 0.3) is 0 Å². The van der Waals surface area contributed by atoms with Gasteiger partial charge in [-0.25, -0.2) is 9.59 Å². The maximum atomic E-state index is 12.7. The number of amides is 2. The van der Waals surface area contributed by atoms with E-state index in [9.17, 15) is 14.7 Å². The second-order valence-corrected chi connectivity index (χ2v) is 5.88. The van der Waals surface area contributed by atoms with Crippen LogP contribution in [0.2, 0.25) is 0 Å². The molecule has 1 saturated heterocycles. The monoisotopic (exact) mass is 284 g/mol. The van der Waals surface area contributed by atoms with Gasteiger partial charge < -0.3 is 20.0 Å². The molecule has 0 aromatic rings. The van der Waals surface area contributed by atoms with E-state index in [-0.39, 0.29) is 24.6 Å².